The predicted octanol–water partition coefficient (Wildman–Crippen LogP) is 2.55. The van der Waals surface area contributed by atoms with Gasteiger partial charge in [0.1, 0.15) is 11.1 Å². The molecule has 0 N–H and O–H groups in total. The zero-order valence-corrected chi connectivity index (χ0v) is 10.4. The number of benzene rings is 1. The first-order valence-corrected chi connectivity index (χ1v) is 5.67. The topological polar surface area (TPSA) is 34.9 Å². The summed E-state index contributed by atoms with van der Waals surface area (Å²) < 4.78 is 27.5. The number of hydrogen-bond donors (Lipinski definition) is 1. The molecule has 0 saturated carbocycles. The molecular weight excluding hydrogens is 258 g/mol. The van der Waals surface area contributed by atoms with Crippen LogP contribution in [0.3, 0.4) is 0 Å². The van der Waals surface area contributed by atoms with Crippen molar-refractivity contribution in [3.05, 3.63) is 53.6 Å². The molecule has 1 heterocycles. The standard InChI is InChI=1S/C12H10F2N2OS/c1-16-5-4-15-12(16)11(18)10(17)7-2-3-8(13)9(14)6-7/h2-6,11,18H,1H3. The fourth-order valence-corrected chi connectivity index (χ4v) is 1.96. The lowest BCUT2D eigenvalue weighted by atomic mass is 10.1. The maximum atomic E-state index is 13.1. The molecule has 1 unspecified atom stereocenters. The van der Waals surface area contributed by atoms with Crippen LogP contribution in [0, 0.1) is 11.6 Å². The van der Waals surface area contributed by atoms with Crippen LogP contribution in [0.5, 0.6) is 0 Å². The van der Waals surface area contributed by atoms with E-state index in [1.165, 1.54) is 12.3 Å². The molecule has 94 valence electrons. The van der Waals surface area contributed by atoms with Crippen LogP contribution >= 0.6 is 12.6 Å². The maximum absolute atomic E-state index is 13.1. The van der Waals surface area contributed by atoms with Gasteiger partial charge in [0.05, 0.1) is 0 Å². The van der Waals surface area contributed by atoms with Crippen LogP contribution < -0.4 is 0 Å². The van der Waals surface area contributed by atoms with Crippen LogP contribution in [0.1, 0.15) is 21.4 Å². The van der Waals surface area contributed by atoms with Crippen molar-refractivity contribution in [1.82, 2.24) is 9.55 Å². The van der Waals surface area contributed by atoms with E-state index < -0.39 is 22.7 Å². The number of carbonyl (C=O) groups excluding carboxylic acids is 1. The normalized spacial score (nSPS) is 12.4. The molecule has 3 nitrogen and oxygen atoms in total. The molecule has 2 rings (SSSR count). The molecule has 0 aliphatic rings. The number of aromatic nitrogens is 2. The molecule has 1 aromatic carbocycles. The molecule has 1 aromatic heterocycles. The largest absolute Gasteiger partial charge is 0.337 e. The summed E-state index contributed by atoms with van der Waals surface area (Å²) in [7, 11) is 1.73. The van der Waals surface area contributed by atoms with Gasteiger partial charge in [0, 0.05) is 25.0 Å². The van der Waals surface area contributed by atoms with Gasteiger partial charge < -0.3 is 4.57 Å². The zero-order valence-electron chi connectivity index (χ0n) is 9.47. The van der Waals surface area contributed by atoms with E-state index in [4.69, 9.17) is 0 Å². The molecule has 0 saturated heterocycles. The number of thiol groups is 1. The number of imidazole rings is 1. The number of rotatable bonds is 3. The first-order valence-electron chi connectivity index (χ1n) is 5.15. The lowest BCUT2D eigenvalue weighted by molar-refractivity contribution is 0.0986. The van der Waals surface area contributed by atoms with Gasteiger partial charge in [0.2, 0.25) is 0 Å². The lowest BCUT2D eigenvalue weighted by Crippen LogP contribution is -2.12. The molecule has 0 spiro atoms. The summed E-state index contributed by atoms with van der Waals surface area (Å²) in [5.41, 5.74) is 0.0666. The highest BCUT2D eigenvalue weighted by atomic mass is 32.1. The second-order valence-corrected chi connectivity index (χ2v) is 4.31. The third kappa shape index (κ3) is 2.28. The van der Waals surface area contributed by atoms with Gasteiger partial charge in [0.25, 0.3) is 0 Å². The summed E-state index contributed by atoms with van der Waals surface area (Å²) in [5, 5.41) is -0.810. The van der Waals surface area contributed by atoms with Crippen LogP contribution in [0.25, 0.3) is 0 Å². The van der Waals surface area contributed by atoms with Gasteiger partial charge in [-0.25, -0.2) is 13.8 Å². The predicted molar refractivity (Wildman–Crippen MR) is 65.6 cm³/mol. The van der Waals surface area contributed by atoms with Crippen LogP contribution in [-0.4, -0.2) is 15.3 Å². The third-order valence-corrected chi connectivity index (χ3v) is 3.02. The second kappa shape index (κ2) is 4.89. The van der Waals surface area contributed by atoms with Gasteiger partial charge >= 0.3 is 0 Å². The van der Waals surface area contributed by atoms with Crippen LogP contribution in [0.4, 0.5) is 8.78 Å². The molecule has 0 aliphatic carbocycles. The van der Waals surface area contributed by atoms with Crippen molar-refractivity contribution in [1.29, 1.82) is 0 Å². The number of halogens is 2. The minimum atomic E-state index is -1.05. The minimum Gasteiger partial charge on any atom is -0.337 e. The Morgan fingerprint density at radius 1 is 1.39 bits per heavy atom. The Balaban J connectivity index is 2.31. The Hall–Kier alpha value is -1.69. The van der Waals surface area contributed by atoms with Crippen LogP contribution in [-0.2, 0) is 7.05 Å². The van der Waals surface area contributed by atoms with Crippen LogP contribution in [0.2, 0.25) is 0 Å². The van der Waals surface area contributed by atoms with Crippen molar-refractivity contribution in [2.24, 2.45) is 7.05 Å². The number of Topliss-reactive ketones (excluding diaryl/α,β-unsaturated/α-hetero) is 1. The van der Waals surface area contributed by atoms with E-state index in [2.05, 4.69) is 17.6 Å². The van der Waals surface area contributed by atoms with E-state index >= 15 is 0 Å². The van der Waals surface area contributed by atoms with Crippen molar-refractivity contribution in [2.75, 3.05) is 0 Å². The molecule has 0 bridgehead atoms. The van der Waals surface area contributed by atoms with Crippen molar-refractivity contribution in [3.8, 4) is 0 Å². The lowest BCUT2D eigenvalue weighted by Gasteiger charge is -2.10. The SMILES string of the molecule is Cn1ccnc1C(S)C(=O)c1ccc(F)c(F)c1. The van der Waals surface area contributed by atoms with Gasteiger partial charge in [0.15, 0.2) is 17.4 Å². The van der Waals surface area contributed by atoms with E-state index in [0.717, 1.165) is 12.1 Å². The average molecular weight is 268 g/mol. The molecule has 0 aliphatic heterocycles. The van der Waals surface area contributed by atoms with Crippen LogP contribution in [0.15, 0.2) is 30.6 Å². The molecule has 18 heavy (non-hydrogen) atoms. The van der Waals surface area contributed by atoms with E-state index in [9.17, 15) is 13.6 Å². The van der Waals surface area contributed by atoms with Gasteiger partial charge in [-0.1, -0.05) is 0 Å². The number of aryl methyl sites for hydroxylation is 1. The van der Waals surface area contributed by atoms with Crippen molar-refractivity contribution in [3.63, 3.8) is 0 Å². The number of hydrogen-bond acceptors (Lipinski definition) is 3. The van der Waals surface area contributed by atoms with Crippen molar-refractivity contribution < 1.29 is 13.6 Å². The Labute approximate surface area is 108 Å². The number of carbonyl (C=O) groups is 1. The number of ketones is 1. The number of nitrogens with zero attached hydrogens (tertiary/aromatic N) is 2. The van der Waals surface area contributed by atoms with E-state index in [-0.39, 0.29) is 5.56 Å². The monoisotopic (exact) mass is 268 g/mol. The van der Waals surface area contributed by atoms with Gasteiger partial charge in [-0.2, -0.15) is 12.6 Å². The highest BCUT2D eigenvalue weighted by Crippen LogP contribution is 2.23. The zero-order chi connectivity index (χ0) is 13.3. The first kappa shape index (κ1) is 12.8. The fourth-order valence-electron chi connectivity index (χ4n) is 1.57. The first-order chi connectivity index (χ1) is 8.50. The Morgan fingerprint density at radius 2 is 2.11 bits per heavy atom. The van der Waals surface area contributed by atoms with Gasteiger partial charge in [-0.15, -0.1) is 0 Å². The molecule has 2 aromatic rings. The van der Waals surface area contributed by atoms with E-state index in [1.54, 1.807) is 17.8 Å². The highest BCUT2D eigenvalue weighted by Gasteiger charge is 2.22. The second-order valence-electron chi connectivity index (χ2n) is 3.79. The summed E-state index contributed by atoms with van der Waals surface area (Å²) >= 11 is 4.17. The van der Waals surface area contributed by atoms with E-state index in [1.807, 2.05) is 0 Å². The quantitative estimate of drug-likeness (QED) is 0.686. The maximum Gasteiger partial charge on any atom is 0.183 e. The summed E-state index contributed by atoms with van der Waals surface area (Å²) in [4.78, 5) is 16.0. The average Bonchev–Trinajstić information content (AvgIpc) is 2.77. The van der Waals surface area contributed by atoms with E-state index in [0.29, 0.717) is 5.82 Å². The van der Waals surface area contributed by atoms with Gasteiger partial charge in [-0.3, -0.25) is 4.79 Å². The summed E-state index contributed by atoms with van der Waals surface area (Å²) in [5.74, 6) is -2.01. The molecule has 0 fully saturated rings. The van der Waals surface area contributed by atoms with Crippen molar-refractivity contribution in [2.45, 2.75) is 5.25 Å². The summed E-state index contributed by atoms with van der Waals surface area (Å²) in [6.07, 6.45) is 3.22. The minimum absolute atomic E-state index is 0.0666. The summed E-state index contributed by atoms with van der Waals surface area (Å²) in [6.45, 7) is 0. The Morgan fingerprint density at radius 3 is 2.67 bits per heavy atom. The fraction of sp³-hybridized carbons (Fsp3) is 0.167. The van der Waals surface area contributed by atoms with Gasteiger partial charge in [-0.05, 0) is 18.2 Å². The third-order valence-electron chi connectivity index (χ3n) is 2.56. The molecule has 0 amide bonds. The molecule has 1 atom stereocenters. The Kier molecular flexibility index (Phi) is 3.47. The molecule has 0 radical (unpaired) electrons. The smallest absolute Gasteiger partial charge is 0.183 e. The highest BCUT2D eigenvalue weighted by molar-refractivity contribution is 7.81. The Bertz CT molecular complexity index is 598. The summed E-state index contributed by atoms with van der Waals surface area (Å²) in [6, 6.07) is 3.01. The molecule has 6 heteroatoms. The molecular formula is C12H10F2N2OS. The van der Waals surface area contributed by atoms with Crippen molar-refractivity contribution >= 4 is 18.4 Å².